The highest BCUT2D eigenvalue weighted by Crippen LogP contribution is 2.24. The van der Waals surface area contributed by atoms with Gasteiger partial charge < -0.3 is 10.6 Å². The molecule has 0 radical (unpaired) electrons. The third-order valence-corrected chi connectivity index (χ3v) is 5.82. The predicted molar refractivity (Wildman–Crippen MR) is 101 cm³/mol. The molecule has 0 aliphatic carbocycles. The molecule has 2 N–H and O–H groups in total. The van der Waals surface area contributed by atoms with E-state index in [2.05, 4.69) is 25.7 Å². The highest BCUT2D eigenvalue weighted by atomic mass is 35.5. The first kappa shape index (κ1) is 18.9. The van der Waals surface area contributed by atoms with Gasteiger partial charge in [-0.25, -0.2) is 13.4 Å². The number of hydrogen-bond acceptors (Lipinski definition) is 7. The number of halogens is 1. The van der Waals surface area contributed by atoms with Gasteiger partial charge in [-0.05, 0) is 12.8 Å². The van der Waals surface area contributed by atoms with E-state index in [-0.39, 0.29) is 6.04 Å². The zero-order valence-electron chi connectivity index (χ0n) is 14.7. The minimum atomic E-state index is -3.23. The van der Waals surface area contributed by atoms with Crippen LogP contribution in [0.25, 0.3) is 0 Å². The molecule has 2 aromatic rings. The third kappa shape index (κ3) is 4.63. The lowest BCUT2D eigenvalue weighted by atomic mass is 10.1. The SMILES string of the molecule is Cn1cc(Nc2ncc(Cl)c(NCC3CCCCN3S(C)(=O)=O)n2)cn1. The maximum absolute atomic E-state index is 12.0. The van der Waals surface area contributed by atoms with Gasteiger partial charge in [-0.1, -0.05) is 18.0 Å². The second kappa shape index (κ2) is 7.77. The molecule has 11 heteroatoms. The zero-order valence-corrected chi connectivity index (χ0v) is 16.3. The van der Waals surface area contributed by atoms with Gasteiger partial charge in [-0.3, -0.25) is 4.68 Å². The Kier molecular flexibility index (Phi) is 5.64. The van der Waals surface area contributed by atoms with Crippen LogP contribution in [0.5, 0.6) is 0 Å². The number of nitrogens with one attached hydrogen (secondary N) is 2. The molecule has 3 rings (SSSR count). The first-order valence-corrected chi connectivity index (χ1v) is 10.5. The zero-order chi connectivity index (χ0) is 18.7. The minimum absolute atomic E-state index is 0.112. The van der Waals surface area contributed by atoms with Crippen molar-refractivity contribution in [2.24, 2.45) is 7.05 Å². The first-order valence-electron chi connectivity index (χ1n) is 8.32. The largest absolute Gasteiger partial charge is 0.367 e. The van der Waals surface area contributed by atoms with E-state index in [0.717, 1.165) is 24.9 Å². The summed E-state index contributed by atoms with van der Waals surface area (Å²) in [6.45, 7) is 0.993. The van der Waals surface area contributed by atoms with Crippen molar-refractivity contribution in [2.75, 3.05) is 30.0 Å². The molecule has 1 atom stereocenters. The molecule has 3 heterocycles. The fourth-order valence-corrected chi connectivity index (χ4v) is 4.34. The summed E-state index contributed by atoms with van der Waals surface area (Å²) in [4.78, 5) is 8.53. The summed E-state index contributed by atoms with van der Waals surface area (Å²) in [6.07, 6.45) is 8.92. The number of nitrogens with zero attached hydrogens (tertiary/aromatic N) is 5. The topological polar surface area (TPSA) is 105 Å². The molecule has 2 aromatic heterocycles. The molecule has 26 heavy (non-hydrogen) atoms. The average Bonchev–Trinajstić information content (AvgIpc) is 2.99. The molecule has 9 nitrogen and oxygen atoms in total. The lowest BCUT2D eigenvalue weighted by Crippen LogP contribution is -2.46. The van der Waals surface area contributed by atoms with Gasteiger partial charge in [-0.15, -0.1) is 0 Å². The summed E-state index contributed by atoms with van der Waals surface area (Å²) in [6, 6.07) is -0.112. The van der Waals surface area contributed by atoms with Gasteiger partial charge >= 0.3 is 0 Å². The van der Waals surface area contributed by atoms with Crippen LogP contribution in [0.15, 0.2) is 18.6 Å². The molecule has 1 saturated heterocycles. The second-order valence-electron chi connectivity index (χ2n) is 6.32. The number of aryl methyl sites for hydroxylation is 1. The quantitative estimate of drug-likeness (QED) is 0.763. The lowest BCUT2D eigenvalue weighted by Gasteiger charge is -2.33. The number of aromatic nitrogens is 4. The van der Waals surface area contributed by atoms with Crippen LogP contribution in [0.2, 0.25) is 5.02 Å². The van der Waals surface area contributed by atoms with Crippen molar-refractivity contribution in [1.29, 1.82) is 0 Å². The smallest absolute Gasteiger partial charge is 0.229 e. The first-order chi connectivity index (χ1) is 12.3. The van der Waals surface area contributed by atoms with Crippen molar-refractivity contribution in [2.45, 2.75) is 25.3 Å². The normalized spacial score (nSPS) is 18.7. The molecule has 142 valence electrons. The summed E-state index contributed by atoms with van der Waals surface area (Å²) in [5.74, 6) is 0.848. The van der Waals surface area contributed by atoms with E-state index >= 15 is 0 Å². The highest BCUT2D eigenvalue weighted by Gasteiger charge is 2.29. The molecule has 0 spiro atoms. The maximum atomic E-state index is 12.0. The summed E-state index contributed by atoms with van der Waals surface area (Å²) in [5, 5.41) is 10.7. The van der Waals surface area contributed by atoms with Crippen LogP contribution in [-0.2, 0) is 17.1 Å². The lowest BCUT2D eigenvalue weighted by molar-refractivity contribution is 0.263. The van der Waals surface area contributed by atoms with Gasteiger partial charge in [-0.2, -0.15) is 14.4 Å². The van der Waals surface area contributed by atoms with Crippen LogP contribution in [0.4, 0.5) is 17.5 Å². The van der Waals surface area contributed by atoms with E-state index in [0.29, 0.717) is 29.9 Å². The Hall–Kier alpha value is -1.91. The summed E-state index contributed by atoms with van der Waals surface area (Å²) >= 11 is 6.18. The van der Waals surface area contributed by atoms with Crippen molar-refractivity contribution in [3.05, 3.63) is 23.6 Å². The molecular formula is C15H22ClN7O2S. The van der Waals surface area contributed by atoms with Crippen LogP contribution in [0, 0.1) is 0 Å². The number of rotatable bonds is 6. The van der Waals surface area contributed by atoms with E-state index in [1.807, 2.05) is 7.05 Å². The van der Waals surface area contributed by atoms with Gasteiger partial charge in [0.05, 0.1) is 24.3 Å². The van der Waals surface area contributed by atoms with Crippen molar-refractivity contribution in [3.8, 4) is 0 Å². The van der Waals surface area contributed by atoms with E-state index in [4.69, 9.17) is 11.6 Å². The van der Waals surface area contributed by atoms with Crippen molar-refractivity contribution < 1.29 is 8.42 Å². The number of sulfonamides is 1. The highest BCUT2D eigenvalue weighted by molar-refractivity contribution is 7.88. The van der Waals surface area contributed by atoms with Crippen LogP contribution in [-0.4, -0.2) is 57.9 Å². The summed E-state index contributed by atoms with van der Waals surface area (Å²) < 4.78 is 27.1. The Morgan fingerprint density at radius 2 is 2.15 bits per heavy atom. The Labute approximate surface area is 157 Å². The monoisotopic (exact) mass is 399 g/mol. The standard InChI is InChI=1S/C15H22ClN7O2S/c1-22-10-11(7-19-22)20-15-18-9-13(16)14(21-15)17-8-12-5-3-4-6-23(12)26(2,24)25/h7,9-10,12H,3-6,8H2,1-2H3,(H2,17,18,20,21). The van der Waals surface area contributed by atoms with E-state index < -0.39 is 10.0 Å². The molecular weight excluding hydrogens is 378 g/mol. The van der Waals surface area contributed by atoms with Crippen LogP contribution >= 0.6 is 11.6 Å². The fourth-order valence-electron chi connectivity index (χ4n) is 3.00. The summed E-state index contributed by atoms with van der Waals surface area (Å²) in [5.41, 5.74) is 0.760. The van der Waals surface area contributed by atoms with E-state index in [9.17, 15) is 8.42 Å². The van der Waals surface area contributed by atoms with Crippen LogP contribution in [0.1, 0.15) is 19.3 Å². The van der Waals surface area contributed by atoms with Gasteiger partial charge in [0.25, 0.3) is 0 Å². The second-order valence-corrected chi connectivity index (χ2v) is 8.66. The van der Waals surface area contributed by atoms with Gasteiger partial charge in [0.2, 0.25) is 16.0 Å². The number of anilines is 3. The Balaban J connectivity index is 1.69. The molecule has 1 unspecified atom stereocenters. The molecule has 0 aromatic carbocycles. The third-order valence-electron chi connectivity index (χ3n) is 4.21. The van der Waals surface area contributed by atoms with Crippen molar-refractivity contribution in [3.63, 3.8) is 0 Å². The minimum Gasteiger partial charge on any atom is -0.367 e. The number of piperidine rings is 1. The molecule has 1 aliphatic rings. The predicted octanol–water partition coefficient (Wildman–Crippen LogP) is 1.83. The summed E-state index contributed by atoms with van der Waals surface area (Å²) in [7, 11) is -1.41. The van der Waals surface area contributed by atoms with Gasteiger partial charge in [0.1, 0.15) is 5.02 Å². The maximum Gasteiger partial charge on any atom is 0.229 e. The fraction of sp³-hybridized carbons (Fsp3) is 0.533. The van der Waals surface area contributed by atoms with E-state index in [1.165, 1.54) is 12.5 Å². The molecule has 0 saturated carbocycles. The molecule has 1 fully saturated rings. The van der Waals surface area contributed by atoms with Crippen molar-refractivity contribution in [1.82, 2.24) is 24.1 Å². The molecule has 1 aliphatic heterocycles. The van der Waals surface area contributed by atoms with Gasteiger partial charge in [0, 0.05) is 32.4 Å². The van der Waals surface area contributed by atoms with Gasteiger partial charge in [0.15, 0.2) is 5.82 Å². The Morgan fingerprint density at radius 3 is 2.85 bits per heavy atom. The average molecular weight is 400 g/mol. The molecule has 0 amide bonds. The Bertz CT molecular complexity index is 871. The number of hydrogen-bond donors (Lipinski definition) is 2. The Morgan fingerprint density at radius 1 is 1.35 bits per heavy atom. The van der Waals surface area contributed by atoms with Crippen LogP contribution < -0.4 is 10.6 Å². The van der Waals surface area contributed by atoms with Crippen LogP contribution in [0.3, 0.4) is 0 Å². The van der Waals surface area contributed by atoms with Crippen molar-refractivity contribution >= 4 is 39.1 Å². The molecule has 0 bridgehead atoms. The van der Waals surface area contributed by atoms with E-state index in [1.54, 1.807) is 21.4 Å².